The topological polar surface area (TPSA) is 86.8 Å². The fourth-order valence-electron chi connectivity index (χ4n) is 4.09. The molecule has 12 heteroatoms. The number of benzene rings is 2. The average Bonchev–Trinajstić information content (AvgIpc) is 3.30. The summed E-state index contributed by atoms with van der Waals surface area (Å²) in [5.41, 5.74) is 0.739. The van der Waals surface area contributed by atoms with Crippen molar-refractivity contribution in [3.8, 4) is 0 Å². The molecule has 1 aliphatic carbocycles. The Bertz CT molecular complexity index is 1240. The molecule has 2 aromatic carbocycles. The van der Waals surface area contributed by atoms with Crippen LogP contribution in [0, 0.1) is 0 Å². The van der Waals surface area contributed by atoms with Crippen molar-refractivity contribution in [2.75, 3.05) is 17.1 Å². The van der Waals surface area contributed by atoms with Gasteiger partial charge in [-0.1, -0.05) is 65.3 Å². The van der Waals surface area contributed by atoms with Crippen LogP contribution in [0.1, 0.15) is 38.2 Å². The van der Waals surface area contributed by atoms with Gasteiger partial charge in [0.2, 0.25) is 21.8 Å². The molecule has 0 bridgehead atoms. The highest BCUT2D eigenvalue weighted by atomic mass is 35.5. The summed E-state index contributed by atoms with van der Waals surface area (Å²) in [6, 6.07) is 8.39. The third-order valence-corrected chi connectivity index (χ3v) is 8.47. The van der Waals surface area contributed by atoms with Gasteiger partial charge in [-0.2, -0.15) is 0 Å². The third kappa shape index (κ3) is 7.42. The molecular weight excluding hydrogens is 568 g/mol. The van der Waals surface area contributed by atoms with Gasteiger partial charge in [-0.3, -0.25) is 13.9 Å². The van der Waals surface area contributed by atoms with Crippen LogP contribution in [-0.4, -0.2) is 50.0 Å². The number of anilines is 1. The van der Waals surface area contributed by atoms with Crippen LogP contribution < -0.4 is 9.62 Å². The van der Waals surface area contributed by atoms with Gasteiger partial charge < -0.3 is 10.2 Å². The summed E-state index contributed by atoms with van der Waals surface area (Å²) < 4.78 is 26.2. The van der Waals surface area contributed by atoms with E-state index in [9.17, 15) is 18.0 Å². The van der Waals surface area contributed by atoms with Gasteiger partial charge in [0, 0.05) is 17.6 Å². The highest BCUT2D eigenvalue weighted by Crippen LogP contribution is 2.31. The van der Waals surface area contributed by atoms with E-state index in [1.165, 1.54) is 23.1 Å². The summed E-state index contributed by atoms with van der Waals surface area (Å²) in [4.78, 5) is 28.0. The van der Waals surface area contributed by atoms with Gasteiger partial charge >= 0.3 is 0 Å². The van der Waals surface area contributed by atoms with Crippen LogP contribution in [0.15, 0.2) is 36.4 Å². The zero-order valence-electron chi connectivity index (χ0n) is 19.8. The first kappa shape index (κ1) is 28.9. The third-order valence-electron chi connectivity index (χ3n) is 6.06. The second-order valence-corrected chi connectivity index (χ2v) is 12.4. The quantitative estimate of drug-likeness (QED) is 0.413. The molecule has 2 amide bonds. The number of hydrogen-bond acceptors (Lipinski definition) is 4. The molecule has 1 atom stereocenters. The first-order valence-corrected chi connectivity index (χ1v) is 14.7. The Hall–Kier alpha value is -1.71. The van der Waals surface area contributed by atoms with E-state index in [4.69, 9.17) is 46.4 Å². The van der Waals surface area contributed by atoms with Gasteiger partial charge in [0.25, 0.3) is 0 Å². The maximum atomic E-state index is 13.6. The number of amides is 2. The molecule has 7 nitrogen and oxygen atoms in total. The lowest BCUT2D eigenvalue weighted by Gasteiger charge is -2.32. The summed E-state index contributed by atoms with van der Waals surface area (Å²) in [6.45, 7) is 1.06. The summed E-state index contributed by atoms with van der Waals surface area (Å²) in [7, 11) is -3.91. The molecule has 0 radical (unpaired) electrons. The molecule has 196 valence electrons. The number of carbonyl (C=O) groups is 2. The molecule has 0 aliphatic heterocycles. The van der Waals surface area contributed by atoms with Gasteiger partial charge in [0.15, 0.2) is 0 Å². The molecule has 36 heavy (non-hydrogen) atoms. The Labute approximate surface area is 231 Å². The lowest BCUT2D eigenvalue weighted by atomic mass is 10.1. The average molecular weight is 595 g/mol. The summed E-state index contributed by atoms with van der Waals surface area (Å²) in [5, 5.41) is 4.05. The first-order chi connectivity index (χ1) is 16.9. The van der Waals surface area contributed by atoms with E-state index in [0.717, 1.165) is 36.2 Å². The zero-order chi connectivity index (χ0) is 26.6. The van der Waals surface area contributed by atoms with Crippen molar-refractivity contribution in [2.45, 2.75) is 51.2 Å². The van der Waals surface area contributed by atoms with E-state index in [0.29, 0.717) is 20.6 Å². The number of carbonyl (C=O) groups excluding carboxylic acids is 2. The molecule has 1 aliphatic rings. The lowest BCUT2D eigenvalue weighted by Crippen LogP contribution is -2.52. The molecule has 0 spiro atoms. The van der Waals surface area contributed by atoms with Crippen molar-refractivity contribution < 1.29 is 18.0 Å². The molecule has 0 aromatic heterocycles. The summed E-state index contributed by atoms with van der Waals surface area (Å²) in [6.07, 6.45) is 4.82. The van der Waals surface area contributed by atoms with Crippen molar-refractivity contribution in [3.63, 3.8) is 0 Å². The van der Waals surface area contributed by atoms with Crippen molar-refractivity contribution >= 4 is 73.9 Å². The van der Waals surface area contributed by atoms with E-state index in [2.05, 4.69) is 5.32 Å². The van der Waals surface area contributed by atoms with E-state index in [1.54, 1.807) is 25.1 Å². The largest absolute Gasteiger partial charge is 0.352 e. The van der Waals surface area contributed by atoms with E-state index in [1.807, 2.05) is 0 Å². The normalized spacial score (nSPS) is 14.9. The van der Waals surface area contributed by atoms with Crippen LogP contribution in [0.5, 0.6) is 0 Å². The fourth-order valence-corrected chi connectivity index (χ4v) is 5.83. The van der Waals surface area contributed by atoms with Crippen LogP contribution in [0.3, 0.4) is 0 Å². The summed E-state index contributed by atoms with van der Waals surface area (Å²) >= 11 is 24.4. The molecule has 2 aromatic rings. The van der Waals surface area contributed by atoms with Crippen LogP contribution >= 0.6 is 46.4 Å². The van der Waals surface area contributed by atoms with E-state index in [-0.39, 0.29) is 29.2 Å². The first-order valence-electron chi connectivity index (χ1n) is 11.3. The monoisotopic (exact) mass is 593 g/mol. The van der Waals surface area contributed by atoms with Crippen LogP contribution in [0.25, 0.3) is 0 Å². The number of rotatable bonds is 9. The van der Waals surface area contributed by atoms with Gasteiger partial charge in [-0.25, -0.2) is 8.42 Å². The molecule has 3 rings (SSSR count). The minimum absolute atomic E-state index is 0.0148. The maximum Gasteiger partial charge on any atom is 0.244 e. The Morgan fingerprint density at radius 1 is 1.00 bits per heavy atom. The molecule has 1 saturated carbocycles. The minimum Gasteiger partial charge on any atom is -0.352 e. The number of nitrogens with one attached hydrogen (secondary N) is 1. The molecular formula is C24H27Cl4N3O4S. The zero-order valence-corrected chi connectivity index (χ0v) is 23.6. The van der Waals surface area contributed by atoms with Crippen molar-refractivity contribution in [1.82, 2.24) is 10.2 Å². The van der Waals surface area contributed by atoms with Gasteiger partial charge in [0.05, 0.1) is 27.0 Å². The lowest BCUT2D eigenvalue weighted by molar-refractivity contribution is -0.139. The van der Waals surface area contributed by atoms with Crippen molar-refractivity contribution in [3.05, 3.63) is 62.1 Å². The molecule has 1 fully saturated rings. The van der Waals surface area contributed by atoms with Crippen LogP contribution in [-0.2, 0) is 26.2 Å². The summed E-state index contributed by atoms with van der Waals surface area (Å²) in [5.74, 6) is -0.905. The van der Waals surface area contributed by atoms with Gasteiger partial charge in [-0.15, -0.1) is 0 Å². The van der Waals surface area contributed by atoms with E-state index >= 15 is 0 Å². The second-order valence-electron chi connectivity index (χ2n) is 8.80. The standard InChI is InChI=1S/C24H27Cl4N3O4S/c1-15(24(33)29-18-5-3-4-6-18)30(13-16-7-9-19(26)20(27)11-16)23(32)14-31(36(2,34)35)22-10-8-17(25)12-21(22)28/h7-12,15,18H,3-6,13-14H2,1-2H3,(H,29,33). The minimum atomic E-state index is -3.91. The Morgan fingerprint density at radius 2 is 1.67 bits per heavy atom. The van der Waals surface area contributed by atoms with Crippen LogP contribution in [0.4, 0.5) is 5.69 Å². The van der Waals surface area contributed by atoms with Gasteiger partial charge in [0.1, 0.15) is 12.6 Å². The number of halogens is 4. The highest BCUT2D eigenvalue weighted by Gasteiger charge is 2.32. The van der Waals surface area contributed by atoms with E-state index < -0.39 is 28.5 Å². The smallest absolute Gasteiger partial charge is 0.244 e. The highest BCUT2D eigenvalue weighted by molar-refractivity contribution is 7.92. The second kappa shape index (κ2) is 12.2. The number of sulfonamides is 1. The Kier molecular flexibility index (Phi) is 9.80. The van der Waals surface area contributed by atoms with Crippen molar-refractivity contribution in [2.24, 2.45) is 0 Å². The van der Waals surface area contributed by atoms with Crippen LogP contribution in [0.2, 0.25) is 20.1 Å². The number of nitrogens with zero attached hydrogens (tertiary/aromatic N) is 2. The van der Waals surface area contributed by atoms with Gasteiger partial charge in [-0.05, 0) is 55.7 Å². The fraction of sp³-hybridized carbons (Fsp3) is 0.417. The molecule has 1 N–H and O–H groups in total. The Morgan fingerprint density at radius 3 is 2.25 bits per heavy atom. The molecule has 0 heterocycles. The SMILES string of the molecule is CC(C(=O)NC1CCCC1)N(Cc1ccc(Cl)c(Cl)c1)C(=O)CN(c1ccc(Cl)cc1Cl)S(C)(=O)=O. The predicted octanol–water partition coefficient (Wildman–Crippen LogP) is 5.54. The molecule has 1 unspecified atom stereocenters. The Balaban J connectivity index is 1.92. The molecule has 0 saturated heterocycles. The number of hydrogen-bond donors (Lipinski definition) is 1. The predicted molar refractivity (Wildman–Crippen MR) is 146 cm³/mol. The maximum absolute atomic E-state index is 13.6. The van der Waals surface area contributed by atoms with Crippen molar-refractivity contribution in [1.29, 1.82) is 0 Å².